The van der Waals surface area contributed by atoms with E-state index in [-0.39, 0.29) is 0 Å². The van der Waals surface area contributed by atoms with Gasteiger partial charge in [-0.2, -0.15) is 0 Å². The van der Waals surface area contributed by atoms with Crippen LogP contribution in [0.3, 0.4) is 0 Å². The summed E-state index contributed by atoms with van der Waals surface area (Å²) in [6.45, 7) is 5.88. The molecule has 0 aromatic carbocycles. The van der Waals surface area contributed by atoms with Crippen LogP contribution >= 0.6 is 0 Å². The zero-order valence-corrected chi connectivity index (χ0v) is 13.8. The third kappa shape index (κ3) is 4.43. The molecule has 2 bridgehead atoms. The van der Waals surface area contributed by atoms with Gasteiger partial charge < -0.3 is 5.32 Å². The van der Waals surface area contributed by atoms with E-state index < -0.39 is 9.84 Å². The standard InChI is InChI=1S/C15H30N2O2S/c1-3-7-17(8-10-20(18,19)9-4-2)15-11-13-5-6-14(12-15)16-13/h13-16H,3-12H2,1-2H3. The fourth-order valence-electron chi connectivity index (χ4n) is 3.76. The maximum Gasteiger partial charge on any atom is 0.151 e. The van der Waals surface area contributed by atoms with E-state index in [1.807, 2.05) is 6.92 Å². The lowest BCUT2D eigenvalue weighted by molar-refractivity contribution is 0.149. The summed E-state index contributed by atoms with van der Waals surface area (Å²) in [5, 5.41) is 3.66. The molecule has 1 N–H and O–H groups in total. The predicted octanol–water partition coefficient (Wildman–Crippen LogP) is 1.81. The normalized spacial score (nSPS) is 30.1. The van der Waals surface area contributed by atoms with Crippen molar-refractivity contribution in [3.63, 3.8) is 0 Å². The third-order valence-electron chi connectivity index (χ3n) is 4.68. The Morgan fingerprint density at radius 3 is 2.20 bits per heavy atom. The highest BCUT2D eigenvalue weighted by atomic mass is 32.2. The van der Waals surface area contributed by atoms with Crippen molar-refractivity contribution in [2.24, 2.45) is 0 Å². The van der Waals surface area contributed by atoms with Gasteiger partial charge in [0.15, 0.2) is 9.84 Å². The first-order valence-electron chi connectivity index (χ1n) is 8.24. The molecule has 0 aromatic rings. The van der Waals surface area contributed by atoms with Crippen LogP contribution in [0.4, 0.5) is 0 Å². The van der Waals surface area contributed by atoms with Gasteiger partial charge in [0, 0.05) is 30.4 Å². The Balaban J connectivity index is 1.90. The number of rotatable bonds is 8. The van der Waals surface area contributed by atoms with E-state index in [0.29, 0.717) is 29.6 Å². The molecule has 2 heterocycles. The average Bonchev–Trinajstić information content (AvgIpc) is 2.73. The second kappa shape index (κ2) is 7.23. The molecule has 2 atom stereocenters. The SMILES string of the molecule is CCCN(CCS(=O)(=O)CCC)C1CC2CCC(C1)N2. The van der Waals surface area contributed by atoms with Crippen LogP contribution in [0.15, 0.2) is 0 Å². The summed E-state index contributed by atoms with van der Waals surface area (Å²) in [5.74, 6) is 0.671. The lowest BCUT2D eigenvalue weighted by atomic mass is 9.98. The van der Waals surface area contributed by atoms with Crippen LogP contribution < -0.4 is 5.32 Å². The quantitative estimate of drug-likeness (QED) is 0.743. The van der Waals surface area contributed by atoms with Gasteiger partial charge in [0.25, 0.3) is 0 Å². The minimum atomic E-state index is -2.85. The zero-order valence-electron chi connectivity index (χ0n) is 13.0. The second-order valence-corrected chi connectivity index (χ2v) is 8.75. The number of nitrogens with zero attached hydrogens (tertiary/aromatic N) is 1. The minimum Gasteiger partial charge on any atom is -0.311 e. The van der Waals surface area contributed by atoms with Gasteiger partial charge in [-0.15, -0.1) is 0 Å². The molecule has 0 spiro atoms. The van der Waals surface area contributed by atoms with Crippen LogP contribution in [0.1, 0.15) is 52.4 Å². The first-order chi connectivity index (χ1) is 9.54. The molecule has 0 saturated carbocycles. The molecule has 2 saturated heterocycles. The summed E-state index contributed by atoms with van der Waals surface area (Å²) in [7, 11) is -2.85. The summed E-state index contributed by atoms with van der Waals surface area (Å²) in [6.07, 6.45) is 6.83. The first kappa shape index (κ1) is 16.2. The van der Waals surface area contributed by atoms with E-state index in [1.165, 1.54) is 25.7 Å². The predicted molar refractivity (Wildman–Crippen MR) is 83.8 cm³/mol. The largest absolute Gasteiger partial charge is 0.311 e. The van der Waals surface area contributed by atoms with Gasteiger partial charge in [0.2, 0.25) is 0 Å². The van der Waals surface area contributed by atoms with Crippen molar-refractivity contribution in [3.8, 4) is 0 Å². The van der Waals surface area contributed by atoms with Crippen LogP contribution in [0.2, 0.25) is 0 Å². The molecular formula is C15H30N2O2S. The Morgan fingerprint density at radius 1 is 1.00 bits per heavy atom. The highest BCUT2D eigenvalue weighted by molar-refractivity contribution is 7.91. The molecular weight excluding hydrogens is 272 g/mol. The molecule has 2 rings (SSSR count). The van der Waals surface area contributed by atoms with Gasteiger partial charge >= 0.3 is 0 Å². The van der Waals surface area contributed by atoms with Crippen LogP contribution in [-0.4, -0.2) is 56.0 Å². The van der Waals surface area contributed by atoms with Crippen molar-refractivity contribution < 1.29 is 8.42 Å². The number of nitrogens with one attached hydrogen (secondary N) is 1. The number of piperidine rings is 1. The van der Waals surface area contributed by atoms with Gasteiger partial charge in [-0.3, -0.25) is 4.90 Å². The van der Waals surface area contributed by atoms with Crippen molar-refractivity contribution in [1.82, 2.24) is 10.2 Å². The monoisotopic (exact) mass is 302 g/mol. The summed E-state index contributed by atoms with van der Waals surface area (Å²) in [5.41, 5.74) is 0. The summed E-state index contributed by atoms with van der Waals surface area (Å²) < 4.78 is 23.8. The Morgan fingerprint density at radius 2 is 1.65 bits per heavy atom. The van der Waals surface area contributed by atoms with Crippen molar-refractivity contribution in [2.45, 2.75) is 70.5 Å². The first-order valence-corrected chi connectivity index (χ1v) is 10.1. The van der Waals surface area contributed by atoms with Crippen LogP contribution in [0, 0.1) is 0 Å². The maximum absolute atomic E-state index is 11.9. The van der Waals surface area contributed by atoms with Crippen LogP contribution in [0.5, 0.6) is 0 Å². The van der Waals surface area contributed by atoms with Gasteiger partial charge in [-0.1, -0.05) is 13.8 Å². The molecule has 5 heteroatoms. The fraction of sp³-hybridized carbons (Fsp3) is 1.00. The van der Waals surface area contributed by atoms with Crippen molar-refractivity contribution in [3.05, 3.63) is 0 Å². The molecule has 2 unspecified atom stereocenters. The average molecular weight is 302 g/mol. The van der Waals surface area contributed by atoms with E-state index >= 15 is 0 Å². The molecule has 20 heavy (non-hydrogen) atoms. The number of hydrogen-bond acceptors (Lipinski definition) is 4. The Bertz CT molecular complexity index is 385. The second-order valence-electron chi connectivity index (χ2n) is 6.45. The lowest BCUT2D eigenvalue weighted by Gasteiger charge is -2.37. The molecule has 0 aliphatic carbocycles. The van der Waals surface area contributed by atoms with Crippen LogP contribution in [0.25, 0.3) is 0 Å². The maximum atomic E-state index is 11.9. The fourth-order valence-corrected chi connectivity index (χ4v) is 5.10. The topological polar surface area (TPSA) is 49.4 Å². The van der Waals surface area contributed by atoms with Gasteiger partial charge in [-0.25, -0.2) is 8.42 Å². The molecule has 0 radical (unpaired) electrons. The van der Waals surface area contributed by atoms with Crippen molar-refractivity contribution in [1.29, 1.82) is 0 Å². The zero-order chi connectivity index (χ0) is 14.6. The highest BCUT2D eigenvalue weighted by Crippen LogP contribution is 2.29. The minimum absolute atomic E-state index is 0.333. The third-order valence-corrected chi connectivity index (χ3v) is 6.51. The molecule has 2 fully saturated rings. The molecule has 2 aliphatic heterocycles. The highest BCUT2D eigenvalue weighted by Gasteiger charge is 2.35. The molecule has 118 valence electrons. The Kier molecular flexibility index (Phi) is 5.87. The molecule has 0 amide bonds. The van der Waals surface area contributed by atoms with Crippen molar-refractivity contribution >= 4 is 9.84 Å². The van der Waals surface area contributed by atoms with Gasteiger partial charge in [0.1, 0.15) is 0 Å². The van der Waals surface area contributed by atoms with E-state index in [2.05, 4.69) is 17.1 Å². The molecule has 2 aliphatic rings. The van der Waals surface area contributed by atoms with Gasteiger partial charge in [0.05, 0.1) is 5.75 Å². The van der Waals surface area contributed by atoms with E-state index in [9.17, 15) is 8.42 Å². The summed E-state index contributed by atoms with van der Waals surface area (Å²) >= 11 is 0. The van der Waals surface area contributed by atoms with Gasteiger partial charge in [-0.05, 0) is 45.1 Å². The smallest absolute Gasteiger partial charge is 0.151 e. The summed E-state index contributed by atoms with van der Waals surface area (Å²) in [4.78, 5) is 2.44. The van der Waals surface area contributed by atoms with Crippen molar-refractivity contribution in [2.75, 3.05) is 24.6 Å². The molecule has 0 aromatic heterocycles. The summed E-state index contributed by atoms with van der Waals surface area (Å²) in [6, 6.07) is 1.93. The molecule has 4 nitrogen and oxygen atoms in total. The van der Waals surface area contributed by atoms with E-state index in [1.54, 1.807) is 0 Å². The van der Waals surface area contributed by atoms with E-state index in [4.69, 9.17) is 0 Å². The Labute approximate surface area is 124 Å². The number of fused-ring (bicyclic) bond motifs is 2. The van der Waals surface area contributed by atoms with Crippen LogP contribution in [-0.2, 0) is 9.84 Å². The lowest BCUT2D eigenvalue weighted by Crippen LogP contribution is -2.49. The number of hydrogen-bond donors (Lipinski definition) is 1. The number of sulfone groups is 1. The van der Waals surface area contributed by atoms with E-state index in [0.717, 1.165) is 25.9 Å². The Hall–Kier alpha value is -0.130.